The Kier molecular flexibility index (Phi) is 7.27. The summed E-state index contributed by atoms with van der Waals surface area (Å²) in [6.07, 6.45) is -3.73. The number of aromatic nitrogens is 1. The van der Waals surface area contributed by atoms with E-state index in [0.29, 0.717) is 11.3 Å². The standard InChI is InChI=1S/C23H20F4N4O2/c1-14-6-7-15(12-19(14)31-22(33)17-4-2-3-5-18(17)24)21(32)29-11-10-28-20-9-8-16(13-30-20)23(25,26)27/h2-9,12-13H,10-11H2,1H3,(H,28,30)(H,29,32)(H,31,33). The molecule has 0 saturated heterocycles. The second-order valence-corrected chi connectivity index (χ2v) is 7.08. The third kappa shape index (κ3) is 6.28. The molecule has 3 aromatic rings. The average Bonchev–Trinajstić information content (AvgIpc) is 2.78. The highest BCUT2D eigenvalue weighted by Gasteiger charge is 2.30. The number of carbonyl (C=O) groups is 2. The minimum Gasteiger partial charge on any atom is -0.368 e. The first-order valence-electron chi connectivity index (χ1n) is 9.87. The maximum atomic E-state index is 13.8. The SMILES string of the molecule is Cc1ccc(C(=O)NCCNc2ccc(C(F)(F)F)cn2)cc1NC(=O)c1ccccc1F. The van der Waals surface area contributed by atoms with Crippen molar-refractivity contribution < 1.29 is 27.2 Å². The van der Waals surface area contributed by atoms with Gasteiger partial charge in [-0.3, -0.25) is 9.59 Å². The van der Waals surface area contributed by atoms with Crippen LogP contribution < -0.4 is 16.0 Å². The van der Waals surface area contributed by atoms with Crippen molar-refractivity contribution in [1.29, 1.82) is 0 Å². The van der Waals surface area contributed by atoms with Crippen LogP contribution in [0.25, 0.3) is 0 Å². The van der Waals surface area contributed by atoms with Crippen LogP contribution in [-0.4, -0.2) is 29.9 Å². The van der Waals surface area contributed by atoms with Crippen LogP contribution in [0.15, 0.2) is 60.8 Å². The first kappa shape index (κ1) is 23.7. The Balaban J connectivity index is 1.55. The molecule has 0 unspecified atom stereocenters. The van der Waals surface area contributed by atoms with Crippen LogP contribution in [0.1, 0.15) is 31.8 Å². The lowest BCUT2D eigenvalue weighted by Gasteiger charge is -2.12. The van der Waals surface area contributed by atoms with Gasteiger partial charge in [-0.1, -0.05) is 18.2 Å². The number of halogens is 4. The lowest BCUT2D eigenvalue weighted by molar-refractivity contribution is -0.137. The molecule has 6 nitrogen and oxygen atoms in total. The number of nitrogens with zero attached hydrogens (tertiary/aromatic N) is 1. The fourth-order valence-electron chi connectivity index (χ4n) is 2.87. The molecule has 0 aliphatic carbocycles. The number of aryl methyl sites for hydroxylation is 1. The third-order valence-corrected chi connectivity index (χ3v) is 4.67. The molecule has 172 valence electrons. The lowest BCUT2D eigenvalue weighted by Crippen LogP contribution is -2.29. The number of hydrogen-bond acceptors (Lipinski definition) is 4. The first-order chi connectivity index (χ1) is 15.6. The molecule has 2 amide bonds. The summed E-state index contributed by atoms with van der Waals surface area (Å²) in [5.41, 5.74) is 0.361. The molecule has 10 heteroatoms. The van der Waals surface area contributed by atoms with E-state index in [1.54, 1.807) is 25.1 Å². The lowest BCUT2D eigenvalue weighted by atomic mass is 10.1. The normalized spacial score (nSPS) is 11.1. The topological polar surface area (TPSA) is 83.1 Å². The van der Waals surface area contributed by atoms with Gasteiger partial charge in [-0.25, -0.2) is 9.37 Å². The Hall–Kier alpha value is -3.95. The van der Waals surface area contributed by atoms with Crippen molar-refractivity contribution in [3.8, 4) is 0 Å². The maximum absolute atomic E-state index is 13.8. The zero-order valence-electron chi connectivity index (χ0n) is 17.5. The molecule has 0 radical (unpaired) electrons. The van der Waals surface area contributed by atoms with Crippen molar-refractivity contribution in [2.24, 2.45) is 0 Å². The predicted octanol–water partition coefficient (Wildman–Crippen LogP) is 4.64. The molecule has 0 saturated carbocycles. The van der Waals surface area contributed by atoms with Crippen LogP contribution in [0, 0.1) is 12.7 Å². The summed E-state index contributed by atoms with van der Waals surface area (Å²) in [6, 6.07) is 12.4. The Morgan fingerprint density at radius 3 is 2.39 bits per heavy atom. The van der Waals surface area contributed by atoms with Crippen molar-refractivity contribution in [3.05, 3.63) is 88.9 Å². The number of nitrogens with one attached hydrogen (secondary N) is 3. The van der Waals surface area contributed by atoms with Gasteiger partial charge in [0.25, 0.3) is 11.8 Å². The van der Waals surface area contributed by atoms with E-state index in [1.165, 1.54) is 30.3 Å². The second kappa shape index (κ2) is 10.1. The summed E-state index contributed by atoms with van der Waals surface area (Å²) in [7, 11) is 0. The number of rotatable bonds is 7. The number of benzene rings is 2. The van der Waals surface area contributed by atoms with Gasteiger partial charge in [-0.05, 0) is 48.9 Å². The number of anilines is 2. The summed E-state index contributed by atoms with van der Waals surface area (Å²) < 4.78 is 51.5. The molecule has 0 aliphatic rings. The van der Waals surface area contributed by atoms with Gasteiger partial charge in [0.1, 0.15) is 11.6 Å². The molecular weight excluding hydrogens is 440 g/mol. The zero-order valence-corrected chi connectivity index (χ0v) is 17.5. The van der Waals surface area contributed by atoms with Crippen molar-refractivity contribution in [1.82, 2.24) is 10.3 Å². The summed E-state index contributed by atoms with van der Waals surface area (Å²) in [5.74, 6) is -1.47. The smallest absolute Gasteiger partial charge is 0.368 e. The molecule has 2 aromatic carbocycles. The van der Waals surface area contributed by atoms with Gasteiger partial charge in [0.05, 0.1) is 11.1 Å². The molecule has 0 spiro atoms. The van der Waals surface area contributed by atoms with Crippen LogP contribution in [0.4, 0.5) is 29.1 Å². The van der Waals surface area contributed by atoms with Gasteiger partial charge >= 0.3 is 6.18 Å². The fraction of sp³-hybridized carbons (Fsp3) is 0.174. The number of carbonyl (C=O) groups excluding carboxylic acids is 2. The van der Waals surface area contributed by atoms with Crippen molar-refractivity contribution in [3.63, 3.8) is 0 Å². The first-order valence-corrected chi connectivity index (χ1v) is 9.87. The van der Waals surface area contributed by atoms with Crippen LogP contribution in [0.2, 0.25) is 0 Å². The Labute approximate surface area is 187 Å². The van der Waals surface area contributed by atoms with E-state index >= 15 is 0 Å². The number of alkyl halides is 3. The van der Waals surface area contributed by atoms with E-state index in [-0.39, 0.29) is 30.0 Å². The summed E-state index contributed by atoms with van der Waals surface area (Å²) >= 11 is 0. The minimum absolute atomic E-state index is 0.116. The molecule has 0 aliphatic heterocycles. The monoisotopic (exact) mass is 460 g/mol. The van der Waals surface area contributed by atoms with Gasteiger partial charge in [-0.2, -0.15) is 13.2 Å². The summed E-state index contributed by atoms with van der Waals surface area (Å²) in [4.78, 5) is 28.5. The van der Waals surface area contributed by atoms with Gasteiger partial charge in [0.15, 0.2) is 0 Å². The molecular formula is C23H20F4N4O2. The van der Waals surface area contributed by atoms with E-state index in [4.69, 9.17) is 0 Å². The minimum atomic E-state index is -4.46. The van der Waals surface area contributed by atoms with Crippen molar-refractivity contribution in [2.45, 2.75) is 13.1 Å². The van der Waals surface area contributed by atoms with Gasteiger partial charge in [0, 0.05) is 30.5 Å². The molecule has 0 bridgehead atoms. The van der Waals surface area contributed by atoms with Crippen molar-refractivity contribution >= 4 is 23.3 Å². The molecule has 1 aromatic heterocycles. The molecule has 3 rings (SSSR count). The van der Waals surface area contributed by atoms with Gasteiger partial charge in [-0.15, -0.1) is 0 Å². The summed E-state index contributed by atoms with van der Waals surface area (Å²) in [5, 5.41) is 8.09. The summed E-state index contributed by atoms with van der Waals surface area (Å²) in [6.45, 7) is 2.14. The van der Waals surface area contributed by atoms with Crippen LogP contribution in [0.3, 0.4) is 0 Å². The Bertz CT molecular complexity index is 1150. The largest absolute Gasteiger partial charge is 0.417 e. The zero-order chi connectivity index (χ0) is 24.0. The molecule has 33 heavy (non-hydrogen) atoms. The molecule has 3 N–H and O–H groups in total. The van der Waals surface area contributed by atoms with E-state index in [2.05, 4.69) is 20.9 Å². The highest BCUT2D eigenvalue weighted by Crippen LogP contribution is 2.28. The fourth-order valence-corrected chi connectivity index (χ4v) is 2.87. The number of amides is 2. The second-order valence-electron chi connectivity index (χ2n) is 7.08. The highest BCUT2D eigenvalue weighted by molar-refractivity contribution is 6.05. The van der Waals surface area contributed by atoms with E-state index in [9.17, 15) is 27.2 Å². The van der Waals surface area contributed by atoms with Crippen LogP contribution in [-0.2, 0) is 6.18 Å². The Morgan fingerprint density at radius 1 is 0.970 bits per heavy atom. The quantitative estimate of drug-likeness (QED) is 0.354. The predicted molar refractivity (Wildman–Crippen MR) is 116 cm³/mol. The van der Waals surface area contributed by atoms with Crippen LogP contribution >= 0.6 is 0 Å². The Morgan fingerprint density at radius 2 is 1.73 bits per heavy atom. The molecule has 0 fully saturated rings. The van der Waals surface area contributed by atoms with E-state index < -0.39 is 29.4 Å². The van der Waals surface area contributed by atoms with Gasteiger partial charge < -0.3 is 16.0 Å². The van der Waals surface area contributed by atoms with Gasteiger partial charge in [0.2, 0.25) is 0 Å². The number of pyridine rings is 1. The van der Waals surface area contributed by atoms with E-state index in [0.717, 1.165) is 12.3 Å². The average molecular weight is 460 g/mol. The molecule has 1 heterocycles. The number of hydrogen-bond donors (Lipinski definition) is 3. The van der Waals surface area contributed by atoms with E-state index in [1.807, 2.05) is 0 Å². The van der Waals surface area contributed by atoms with Crippen LogP contribution in [0.5, 0.6) is 0 Å². The maximum Gasteiger partial charge on any atom is 0.417 e. The van der Waals surface area contributed by atoms with Crippen molar-refractivity contribution in [2.75, 3.05) is 23.7 Å². The molecule has 0 atom stereocenters. The highest BCUT2D eigenvalue weighted by atomic mass is 19.4. The third-order valence-electron chi connectivity index (χ3n) is 4.67.